The molecule has 0 radical (unpaired) electrons. The summed E-state index contributed by atoms with van der Waals surface area (Å²) in [6.45, 7) is 3.22. The average Bonchev–Trinajstić information content (AvgIpc) is 2.67. The van der Waals surface area contributed by atoms with E-state index in [2.05, 4.69) is 10.1 Å². The zero-order valence-electron chi connectivity index (χ0n) is 16.4. The van der Waals surface area contributed by atoms with Crippen molar-refractivity contribution in [3.8, 4) is 0 Å². The highest BCUT2D eigenvalue weighted by Crippen LogP contribution is 2.19. The molecule has 0 bridgehead atoms. The maximum atomic E-state index is 14.0. The Morgan fingerprint density at radius 1 is 1.17 bits per heavy atom. The summed E-state index contributed by atoms with van der Waals surface area (Å²) in [5.41, 5.74) is -0.643. The van der Waals surface area contributed by atoms with Crippen LogP contribution in [0.15, 0.2) is 23.1 Å². The summed E-state index contributed by atoms with van der Waals surface area (Å²) in [5.74, 6) is -3.19. The van der Waals surface area contributed by atoms with E-state index in [1.165, 1.54) is 7.11 Å². The number of nitrogens with one attached hydrogen (secondary N) is 2. The van der Waals surface area contributed by atoms with Crippen molar-refractivity contribution in [2.75, 3.05) is 40.0 Å². The summed E-state index contributed by atoms with van der Waals surface area (Å²) in [6.07, 6.45) is 0. The van der Waals surface area contributed by atoms with Crippen molar-refractivity contribution in [1.29, 1.82) is 0 Å². The van der Waals surface area contributed by atoms with Gasteiger partial charge in [-0.3, -0.25) is 10.1 Å². The molecule has 1 rings (SSSR count). The fourth-order valence-corrected chi connectivity index (χ4v) is 3.70. The van der Waals surface area contributed by atoms with Gasteiger partial charge >= 0.3 is 12.0 Å². The van der Waals surface area contributed by atoms with Crippen LogP contribution >= 0.6 is 0 Å². The first-order chi connectivity index (χ1) is 13.7. The molecule has 0 saturated carbocycles. The number of carbonyl (C=O) groups excluding carboxylic acids is 3. The molecule has 0 aliphatic carbocycles. The monoisotopic (exact) mass is 433 g/mol. The molecule has 0 aliphatic heterocycles. The standard InChI is InChI=1S/C17H24FN3O7S/c1-4-21(5-2)29(25,26)12-6-7-14(18)13(10-12)16(23)28-11-15(22)20-17(24)19-8-9-27-3/h6-7,10H,4-5,8-9,11H2,1-3H3,(H2,19,20,22,24). The van der Waals surface area contributed by atoms with Gasteiger partial charge in [-0.25, -0.2) is 22.4 Å². The molecule has 12 heteroatoms. The molecule has 0 fully saturated rings. The summed E-state index contributed by atoms with van der Waals surface area (Å²) < 4.78 is 49.6. The van der Waals surface area contributed by atoms with Crippen LogP contribution in [0.3, 0.4) is 0 Å². The Morgan fingerprint density at radius 3 is 2.41 bits per heavy atom. The van der Waals surface area contributed by atoms with Crippen LogP contribution in [-0.4, -0.2) is 70.6 Å². The molecular weight excluding hydrogens is 409 g/mol. The molecule has 0 heterocycles. The highest BCUT2D eigenvalue weighted by molar-refractivity contribution is 7.89. The molecule has 29 heavy (non-hydrogen) atoms. The number of benzene rings is 1. The van der Waals surface area contributed by atoms with Gasteiger partial charge in [0.2, 0.25) is 10.0 Å². The fourth-order valence-electron chi connectivity index (χ4n) is 2.22. The summed E-state index contributed by atoms with van der Waals surface area (Å²) >= 11 is 0. The number of halogens is 1. The lowest BCUT2D eigenvalue weighted by molar-refractivity contribution is -0.123. The summed E-state index contributed by atoms with van der Waals surface area (Å²) in [7, 11) is -2.48. The number of esters is 1. The molecule has 10 nitrogen and oxygen atoms in total. The van der Waals surface area contributed by atoms with E-state index >= 15 is 0 Å². The number of ether oxygens (including phenoxy) is 2. The Bertz CT molecular complexity index is 841. The third kappa shape index (κ3) is 7.07. The molecule has 3 amide bonds. The molecule has 162 valence electrons. The number of nitrogens with zero attached hydrogens (tertiary/aromatic N) is 1. The fraction of sp³-hybridized carbons (Fsp3) is 0.471. The molecule has 1 aromatic rings. The summed E-state index contributed by atoms with van der Waals surface area (Å²) in [4.78, 5) is 34.8. The van der Waals surface area contributed by atoms with Gasteiger partial charge in [0, 0.05) is 26.7 Å². The highest BCUT2D eigenvalue weighted by Gasteiger charge is 2.25. The van der Waals surface area contributed by atoms with Gasteiger partial charge in [-0.2, -0.15) is 4.31 Å². The lowest BCUT2D eigenvalue weighted by Crippen LogP contribution is -2.42. The zero-order valence-corrected chi connectivity index (χ0v) is 17.2. The van der Waals surface area contributed by atoms with E-state index in [-0.39, 0.29) is 31.1 Å². The van der Waals surface area contributed by atoms with Crippen molar-refractivity contribution >= 4 is 27.9 Å². The van der Waals surface area contributed by atoms with Gasteiger partial charge in [0.25, 0.3) is 5.91 Å². The van der Waals surface area contributed by atoms with E-state index < -0.39 is 45.9 Å². The number of imide groups is 1. The molecule has 0 atom stereocenters. The molecule has 2 N–H and O–H groups in total. The van der Waals surface area contributed by atoms with E-state index in [0.29, 0.717) is 0 Å². The number of hydrogen-bond donors (Lipinski definition) is 2. The van der Waals surface area contributed by atoms with Crippen LogP contribution in [0.4, 0.5) is 9.18 Å². The third-order valence-electron chi connectivity index (χ3n) is 3.68. The van der Waals surface area contributed by atoms with Gasteiger partial charge in [0.15, 0.2) is 6.61 Å². The minimum Gasteiger partial charge on any atom is -0.452 e. The number of amides is 3. The van der Waals surface area contributed by atoms with Gasteiger partial charge in [-0.1, -0.05) is 13.8 Å². The molecule has 0 spiro atoms. The number of rotatable bonds is 10. The second-order valence-corrected chi connectivity index (χ2v) is 7.54. The molecule has 0 unspecified atom stereocenters. The molecule has 0 aromatic heterocycles. The van der Waals surface area contributed by atoms with Gasteiger partial charge < -0.3 is 14.8 Å². The second-order valence-electron chi connectivity index (χ2n) is 5.60. The van der Waals surface area contributed by atoms with Crippen molar-refractivity contribution in [3.05, 3.63) is 29.6 Å². The van der Waals surface area contributed by atoms with Gasteiger partial charge in [-0.05, 0) is 18.2 Å². The number of methoxy groups -OCH3 is 1. The predicted molar refractivity (Wildman–Crippen MR) is 100 cm³/mol. The summed E-state index contributed by atoms with van der Waals surface area (Å²) in [6, 6.07) is 1.90. The van der Waals surface area contributed by atoms with Crippen molar-refractivity contribution < 1.29 is 36.7 Å². The highest BCUT2D eigenvalue weighted by atomic mass is 32.2. The van der Waals surface area contributed by atoms with Gasteiger partial charge in [0.1, 0.15) is 5.82 Å². The maximum absolute atomic E-state index is 14.0. The Labute approximate surface area is 168 Å². The van der Waals surface area contributed by atoms with Crippen molar-refractivity contribution in [2.45, 2.75) is 18.7 Å². The van der Waals surface area contributed by atoms with Crippen LogP contribution in [-0.2, 0) is 24.3 Å². The minimum atomic E-state index is -3.92. The largest absolute Gasteiger partial charge is 0.452 e. The van der Waals surface area contributed by atoms with E-state index in [1.807, 2.05) is 5.32 Å². The Hall–Kier alpha value is -2.57. The van der Waals surface area contributed by atoms with E-state index in [9.17, 15) is 27.2 Å². The van der Waals surface area contributed by atoms with Crippen LogP contribution in [0.5, 0.6) is 0 Å². The summed E-state index contributed by atoms with van der Waals surface area (Å²) in [5, 5.41) is 4.23. The molecular formula is C17H24FN3O7S. The number of hydrogen-bond acceptors (Lipinski definition) is 7. The van der Waals surface area contributed by atoms with Crippen molar-refractivity contribution in [3.63, 3.8) is 0 Å². The van der Waals surface area contributed by atoms with Crippen LogP contribution in [0, 0.1) is 5.82 Å². The van der Waals surface area contributed by atoms with Crippen molar-refractivity contribution in [2.24, 2.45) is 0 Å². The quantitative estimate of drug-likeness (QED) is 0.405. The zero-order chi connectivity index (χ0) is 22.0. The van der Waals surface area contributed by atoms with Gasteiger partial charge in [-0.15, -0.1) is 0 Å². The predicted octanol–water partition coefficient (Wildman–Crippen LogP) is 0.485. The smallest absolute Gasteiger partial charge is 0.341 e. The lowest BCUT2D eigenvalue weighted by atomic mass is 10.2. The number of sulfonamides is 1. The molecule has 1 aromatic carbocycles. The third-order valence-corrected chi connectivity index (χ3v) is 5.73. The first-order valence-corrected chi connectivity index (χ1v) is 10.1. The molecule has 0 saturated heterocycles. The number of carbonyl (C=O) groups is 3. The first kappa shape index (κ1) is 24.5. The lowest BCUT2D eigenvalue weighted by Gasteiger charge is -2.18. The van der Waals surface area contributed by atoms with Gasteiger partial charge in [0.05, 0.1) is 17.1 Å². The minimum absolute atomic E-state index is 0.161. The Balaban J connectivity index is 2.80. The van der Waals surface area contributed by atoms with Crippen LogP contribution < -0.4 is 10.6 Å². The van der Waals surface area contributed by atoms with Crippen LogP contribution in [0.25, 0.3) is 0 Å². The molecule has 0 aliphatic rings. The maximum Gasteiger partial charge on any atom is 0.341 e. The second kappa shape index (κ2) is 11.4. The first-order valence-electron chi connectivity index (χ1n) is 8.70. The van der Waals surface area contributed by atoms with E-state index in [4.69, 9.17) is 4.74 Å². The topological polar surface area (TPSA) is 131 Å². The van der Waals surface area contributed by atoms with Crippen molar-refractivity contribution in [1.82, 2.24) is 14.9 Å². The Morgan fingerprint density at radius 2 is 1.83 bits per heavy atom. The Kier molecular flexibility index (Phi) is 9.65. The average molecular weight is 433 g/mol. The normalized spacial score (nSPS) is 11.2. The van der Waals surface area contributed by atoms with E-state index in [0.717, 1.165) is 22.5 Å². The number of urea groups is 1. The van der Waals surface area contributed by atoms with Crippen LogP contribution in [0.1, 0.15) is 24.2 Å². The SMILES string of the molecule is CCN(CC)S(=O)(=O)c1ccc(F)c(C(=O)OCC(=O)NC(=O)NCCOC)c1. The van der Waals surface area contributed by atoms with Crippen LogP contribution in [0.2, 0.25) is 0 Å². The van der Waals surface area contributed by atoms with E-state index in [1.54, 1.807) is 13.8 Å².